The molecule has 109 heavy (non-hydrogen) atoms. The molecule has 6 aliphatic heterocycles. The molecule has 516 valence electrons. The quantitative estimate of drug-likeness (QED) is 0.152. The lowest BCUT2D eigenvalue weighted by Crippen LogP contribution is -2.51. The highest BCUT2D eigenvalue weighted by Crippen LogP contribution is 3.56. The summed E-state index contributed by atoms with van der Waals surface area (Å²) in [5.74, 6) is 13.3. The van der Waals surface area contributed by atoms with Crippen molar-refractivity contribution in [2.75, 3.05) is 0 Å². The predicted octanol–water partition coefficient (Wildman–Crippen LogP) is 17.5. The maximum atomic E-state index is 5.09. The molecule has 9 aromatic rings. The lowest BCUT2D eigenvalue weighted by molar-refractivity contribution is -0.0737. The topological polar surface area (TPSA) is 56.3 Å². The average Bonchev–Trinajstić information content (AvgIpc) is 1.21. The van der Waals surface area contributed by atoms with Gasteiger partial charge in [-0.05, 0) is 298 Å². The van der Waals surface area contributed by atoms with E-state index in [2.05, 4.69) is 235 Å². The smallest absolute Gasteiger partial charge is 0.0701 e. The summed E-state index contributed by atoms with van der Waals surface area (Å²) in [6, 6.07) is 76.9. The Balaban J connectivity index is 0.0000000635. The van der Waals surface area contributed by atoms with E-state index in [0.717, 1.165) is 88.3 Å². The molecule has 2 N–H and O–H groups in total. The third-order valence-corrected chi connectivity index (χ3v) is 44.5. The molecule has 38 bridgehead atoms. The van der Waals surface area contributed by atoms with Gasteiger partial charge in [0.05, 0.1) is 28.2 Å². The summed E-state index contributed by atoms with van der Waals surface area (Å²) in [4.78, 5) is 17.7. The molecule has 55 aliphatic carbocycles. The SMILES string of the molecule is C1=CC2=C3c4ccc([nH]4)C4=c5ccc([nH]5)=C5C6=NC(=C(C1=N2)C1[C@H]3C4[C@H]51)C=C6.C1C23CC45CC16CC(C2)(C4)C12C34C61C542.C1C2C[C@@H]3C1C23.CC12CC34C5C1C3C54C2.c1cc2ccc1C1C34c5ccc(cc5)C25c2ccc(cc2)C3C14c1ccc5cc1.c1cc2ccc1C1[C@@]34c5ccc(cc5)C25c2ccc(cc2)[C@]13C54. The van der Waals surface area contributed by atoms with Crippen LogP contribution in [0.25, 0.3) is 16.7 Å². The summed E-state index contributed by atoms with van der Waals surface area (Å²) >= 11 is 0. The Morgan fingerprint density at radius 1 is 0.339 bits per heavy atom. The highest BCUT2D eigenvalue weighted by molar-refractivity contribution is 6.29. The Kier molecular flexibility index (Phi) is 6.47. The van der Waals surface area contributed by atoms with E-state index in [1.165, 1.54) is 147 Å². The lowest BCUT2D eigenvalue weighted by atomic mass is 9.47. The van der Waals surface area contributed by atoms with Gasteiger partial charge in [0.25, 0.3) is 0 Å². The fourth-order valence-corrected chi connectivity index (χ4v) is 44.5. The summed E-state index contributed by atoms with van der Waals surface area (Å²) < 4.78 is 0. The molecule has 0 radical (unpaired) electrons. The Labute approximate surface area is 631 Å². The second-order valence-corrected chi connectivity index (χ2v) is 44.6. The van der Waals surface area contributed by atoms with Gasteiger partial charge in [-0.1, -0.05) is 177 Å². The molecule has 8 heterocycles. The van der Waals surface area contributed by atoms with Crippen LogP contribution in [0, 0.1) is 131 Å². The normalized spacial score (nSPS) is 56.0. The Morgan fingerprint density at radius 3 is 1.11 bits per heavy atom. The van der Waals surface area contributed by atoms with Crippen LogP contribution in [-0.4, -0.2) is 21.4 Å². The van der Waals surface area contributed by atoms with Crippen molar-refractivity contribution in [1.29, 1.82) is 0 Å². The zero-order valence-electron chi connectivity index (χ0n) is 60.9. The predicted molar refractivity (Wildman–Crippen MR) is 413 cm³/mol. The first kappa shape index (κ1) is 52.3. The number of hydrogen-bond donors (Lipinski definition) is 2. The van der Waals surface area contributed by atoms with Crippen LogP contribution in [0.5, 0.6) is 0 Å². The van der Waals surface area contributed by atoms with Crippen molar-refractivity contribution in [3.63, 3.8) is 0 Å². The van der Waals surface area contributed by atoms with Crippen molar-refractivity contribution >= 4 is 28.1 Å². The first-order valence-corrected chi connectivity index (χ1v) is 43.5. The van der Waals surface area contributed by atoms with Gasteiger partial charge < -0.3 is 9.97 Å². The minimum absolute atomic E-state index is 0.0615. The summed E-state index contributed by atoms with van der Waals surface area (Å²) in [7, 11) is 0. The fourth-order valence-electron chi connectivity index (χ4n) is 44.5. The summed E-state index contributed by atoms with van der Waals surface area (Å²) in [5, 5.41) is 2.49. The van der Waals surface area contributed by atoms with Crippen molar-refractivity contribution in [1.82, 2.24) is 9.97 Å². The van der Waals surface area contributed by atoms with E-state index >= 15 is 0 Å². The zero-order valence-corrected chi connectivity index (χ0v) is 60.9. The number of H-pyrrole nitrogens is 2. The molecule has 0 amide bonds. The Bertz CT molecular complexity index is 6420. The standard InChI is InChI=1S/C29H18.C24H14N4.C23H14.C14H12.C9H10.C6H8/c1-5-19-6-2-17(1)25-28-23-13-9-21(10-14-23)27(19)20-7-3-18(4-8-20)26(28)29(25,28)24-15-11-22(27)12-16-24;1-2-10-18-12-5-6-15(27-12)20-16-8-7-14(28-16)19-13-4-3-11(26-13)17(9(1)25-10)21-22(18)24(20)23(19)21;1-3-14-4-2-13(1)19-22-17-9-5-15(6-10-17)21(14)16-7-11-18(12-8-16)23(19,22)20(21)22;1-7-2-9-4-8(1)5-10(3-7,6-9)14-11(7)12(8,14)13(9,11)14;1-7-2-8-5-4(7)6(8)9(5,8)3-7;1-3-2-5-4(1)6(3)5/h1-16,25-26H;1-8,21-26H;1-12,19-20H;1-6H2;4-6H,2-3H2,1H3;3-6H,1-2H2/t;21?,22-,23+,24?;19?,20?,21?,22-,23-;;;3?,4-,5?,6?/m..1..1/s1. The van der Waals surface area contributed by atoms with Crippen LogP contribution < -0.4 is 10.7 Å². The van der Waals surface area contributed by atoms with Crippen LogP contribution in [0.4, 0.5) is 0 Å². The second kappa shape index (κ2) is 13.5. The van der Waals surface area contributed by atoms with Gasteiger partial charge in [-0.2, -0.15) is 0 Å². The highest BCUT2D eigenvalue weighted by atomic mass is 15.6. The Morgan fingerprint density at radius 2 is 0.706 bits per heavy atom. The van der Waals surface area contributed by atoms with Gasteiger partial charge in [0, 0.05) is 113 Å². The monoisotopic (exact) mass is 1390 g/mol. The van der Waals surface area contributed by atoms with E-state index in [1.54, 1.807) is 80.9 Å². The summed E-state index contributed by atoms with van der Waals surface area (Å²) in [5.41, 5.74) is 45.8. The van der Waals surface area contributed by atoms with Crippen LogP contribution in [0.2, 0.25) is 0 Å². The van der Waals surface area contributed by atoms with Crippen LogP contribution >= 0.6 is 0 Å². The van der Waals surface area contributed by atoms with Crippen LogP contribution in [0.3, 0.4) is 0 Å². The van der Waals surface area contributed by atoms with Crippen molar-refractivity contribution < 1.29 is 0 Å². The lowest BCUT2D eigenvalue weighted by Gasteiger charge is -2.57. The maximum absolute atomic E-state index is 5.09. The molecule has 11 spiro atoms. The number of nitrogens with zero attached hydrogens (tertiary/aromatic N) is 2. The molecular weight excluding hydrogens is 1320 g/mol. The van der Waals surface area contributed by atoms with Crippen molar-refractivity contribution in [3.05, 3.63) is 335 Å². The summed E-state index contributed by atoms with van der Waals surface area (Å²) in [6.07, 6.45) is 25.8. The van der Waals surface area contributed by atoms with E-state index in [-0.39, 0.29) is 21.7 Å². The number of aliphatic imine (C=N–C) groups is 2. The van der Waals surface area contributed by atoms with E-state index in [9.17, 15) is 0 Å². The molecule has 27 saturated carbocycles. The van der Waals surface area contributed by atoms with Gasteiger partial charge in [0.15, 0.2) is 0 Å². The van der Waals surface area contributed by atoms with Gasteiger partial charge in [0.2, 0.25) is 0 Å². The number of aromatic amines is 2. The summed E-state index contributed by atoms with van der Waals surface area (Å²) in [6.45, 7) is 2.55. The van der Waals surface area contributed by atoms with Gasteiger partial charge in [0.1, 0.15) is 0 Å². The number of aromatic nitrogens is 2. The molecule has 7 aromatic carbocycles. The minimum atomic E-state index is -0.280. The van der Waals surface area contributed by atoms with Crippen molar-refractivity contribution in [2.45, 2.75) is 121 Å². The van der Waals surface area contributed by atoms with E-state index < -0.39 is 0 Å². The zero-order chi connectivity index (χ0) is 68.5. The van der Waals surface area contributed by atoms with Gasteiger partial charge >= 0.3 is 0 Å². The van der Waals surface area contributed by atoms with Gasteiger partial charge in [-0.25, -0.2) is 9.98 Å². The molecule has 0 saturated heterocycles. The van der Waals surface area contributed by atoms with Gasteiger partial charge in [-0.3, -0.25) is 0 Å². The first-order valence-electron chi connectivity index (χ1n) is 43.5. The average molecular weight is 1390 g/mol. The number of rotatable bonds is 0. The number of nitrogens with one attached hydrogen (secondary N) is 2. The molecule has 4 nitrogen and oxygen atoms in total. The fraction of sp³-hybridized carbons (Fsp3) is 0.410. The number of fused-ring (bicyclic) bond motifs is 15. The molecular formula is C105H76N4. The molecule has 61 aliphatic rings. The van der Waals surface area contributed by atoms with Crippen LogP contribution in [-0.2, 0) is 32.5 Å². The molecule has 10 atom stereocenters. The number of allylic oxidation sites excluding steroid dienone is 6. The first-order chi connectivity index (χ1) is 53.6. The van der Waals surface area contributed by atoms with Crippen LogP contribution in [0.1, 0.15) is 178 Å². The number of hydrogen-bond acceptors (Lipinski definition) is 2. The Hall–Kier alpha value is -8.86. The van der Waals surface area contributed by atoms with E-state index in [1.807, 2.05) is 0 Å². The highest BCUT2D eigenvalue weighted by Gasteiger charge is 3.54. The molecule has 5 unspecified atom stereocenters. The molecule has 4 heteroatoms. The largest absolute Gasteiger partial charge is 0.355 e. The third-order valence-electron chi connectivity index (χ3n) is 44.5. The third kappa shape index (κ3) is 3.77. The second-order valence-electron chi connectivity index (χ2n) is 44.6. The van der Waals surface area contributed by atoms with E-state index in [0.29, 0.717) is 52.3 Å². The van der Waals surface area contributed by atoms with Crippen molar-refractivity contribution in [3.8, 4) is 0 Å². The van der Waals surface area contributed by atoms with Crippen molar-refractivity contribution in [2.24, 2.45) is 141 Å². The number of benzene rings is 7. The maximum Gasteiger partial charge on any atom is 0.0701 e. The minimum Gasteiger partial charge on any atom is -0.355 e. The van der Waals surface area contributed by atoms with Crippen LogP contribution in [0.15, 0.2) is 245 Å². The molecule has 2 aromatic heterocycles. The molecule has 70 rings (SSSR count). The molecule has 27 fully saturated rings. The van der Waals surface area contributed by atoms with Gasteiger partial charge in [-0.15, -0.1) is 0 Å². The van der Waals surface area contributed by atoms with E-state index in [4.69, 9.17) is 9.98 Å².